The van der Waals surface area contributed by atoms with E-state index in [1.54, 1.807) is 11.0 Å². The Morgan fingerprint density at radius 2 is 1.41 bits per heavy atom. The molecule has 5 rings (SSSR count). The number of amides is 2. The maximum atomic E-state index is 13.0. The second-order valence-corrected chi connectivity index (χ2v) is 9.20. The quantitative estimate of drug-likeness (QED) is 0.414. The Morgan fingerprint density at radius 3 is 2.03 bits per heavy atom. The van der Waals surface area contributed by atoms with E-state index in [1.165, 1.54) is 0 Å². The molecule has 0 aliphatic carbocycles. The van der Waals surface area contributed by atoms with Gasteiger partial charge in [0.1, 0.15) is 5.69 Å². The summed E-state index contributed by atoms with van der Waals surface area (Å²) in [6.07, 6.45) is 0. The molecule has 2 amide bonds. The third kappa shape index (κ3) is 5.62. The van der Waals surface area contributed by atoms with E-state index in [9.17, 15) is 9.59 Å². The van der Waals surface area contributed by atoms with Gasteiger partial charge in [0, 0.05) is 37.8 Å². The van der Waals surface area contributed by atoms with Gasteiger partial charge in [-0.05, 0) is 23.6 Å². The first kappa shape index (κ1) is 24.5. The molecule has 0 saturated carbocycles. The van der Waals surface area contributed by atoms with Gasteiger partial charge in [-0.1, -0.05) is 90.1 Å². The number of hydrogen-bond donors (Lipinski definition) is 1. The fourth-order valence-electron chi connectivity index (χ4n) is 4.70. The number of carbonyl (C=O) groups excluding carboxylic acids is 2. The van der Waals surface area contributed by atoms with Crippen LogP contribution in [-0.2, 0) is 4.79 Å². The van der Waals surface area contributed by atoms with Crippen molar-refractivity contribution >= 4 is 11.8 Å². The number of nitrogens with one attached hydrogen (secondary N) is 1. The molecular weight excluding hydrogens is 464 g/mol. The van der Waals surface area contributed by atoms with Gasteiger partial charge in [0.25, 0.3) is 5.91 Å². The summed E-state index contributed by atoms with van der Waals surface area (Å²) in [4.78, 5) is 29.6. The smallest absolute Gasteiger partial charge is 0.292 e. The Labute approximate surface area is 216 Å². The van der Waals surface area contributed by atoms with Crippen molar-refractivity contribution in [2.24, 2.45) is 0 Å². The second-order valence-electron chi connectivity index (χ2n) is 9.20. The molecule has 0 bridgehead atoms. The molecule has 0 radical (unpaired) electrons. The van der Waals surface area contributed by atoms with Gasteiger partial charge in [-0.15, -0.1) is 0 Å². The fourth-order valence-corrected chi connectivity index (χ4v) is 4.70. The van der Waals surface area contributed by atoms with E-state index in [-0.39, 0.29) is 30.2 Å². The largest absolute Gasteiger partial charge is 0.350 e. The molecule has 1 fully saturated rings. The zero-order chi connectivity index (χ0) is 25.6. The predicted octanol–water partition coefficient (Wildman–Crippen LogP) is 4.31. The summed E-state index contributed by atoms with van der Waals surface area (Å²) >= 11 is 0. The van der Waals surface area contributed by atoms with E-state index in [0.717, 1.165) is 22.3 Å². The minimum Gasteiger partial charge on any atom is -0.350 e. The molecule has 0 atom stereocenters. The normalized spacial score (nSPS) is 13.7. The van der Waals surface area contributed by atoms with Gasteiger partial charge < -0.3 is 14.3 Å². The molecular formula is C30H30N4O3. The molecule has 1 aliphatic heterocycles. The summed E-state index contributed by atoms with van der Waals surface area (Å²) in [6.45, 7) is 4.07. The van der Waals surface area contributed by atoms with Crippen molar-refractivity contribution in [1.29, 1.82) is 0 Å². The van der Waals surface area contributed by atoms with E-state index in [0.29, 0.717) is 31.9 Å². The van der Waals surface area contributed by atoms with E-state index in [4.69, 9.17) is 4.52 Å². The first-order valence-electron chi connectivity index (χ1n) is 12.5. The molecule has 7 heteroatoms. The van der Waals surface area contributed by atoms with Crippen molar-refractivity contribution in [2.75, 3.05) is 32.7 Å². The second kappa shape index (κ2) is 11.2. The van der Waals surface area contributed by atoms with Crippen LogP contribution in [0.5, 0.6) is 0 Å². The van der Waals surface area contributed by atoms with Crippen LogP contribution in [0.1, 0.15) is 33.3 Å². The molecule has 2 heterocycles. The first-order chi connectivity index (χ1) is 18.1. The van der Waals surface area contributed by atoms with Crippen LogP contribution in [0.3, 0.4) is 0 Å². The van der Waals surface area contributed by atoms with Gasteiger partial charge in [0.15, 0.2) is 0 Å². The maximum Gasteiger partial charge on any atom is 0.292 e. The third-order valence-electron chi connectivity index (χ3n) is 6.78. The van der Waals surface area contributed by atoms with Crippen LogP contribution >= 0.6 is 0 Å². The van der Waals surface area contributed by atoms with Gasteiger partial charge in [-0.3, -0.25) is 14.9 Å². The van der Waals surface area contributed by atoms with Crippen molar-refractivity contribution in [1.82, 2.24) is 20.3 Å². The van der Waals surface area contributed by atoms with E-state index < -0.39 is 0 Å². The predicted molar refractivity (Wildman–Crippen MR) is 142 cm³/mol. The number of aromatic nitrogens is 1. The summed E-state index contributed by atoms with van der Waals surface area (Å²) in [6, 6.07) is 29.7. The highest BCUT2D eigenvalue weighted by Gasteiger charge is 2.27. The maximum absolute atomic E-state index is 13.0. The van der Waals surface area contributed by atoms with Gasteiger partial charge in [-0.25, -0.2) is 0 Å². The highest BCUT2D eigenvalue weighted by molar-refractivity contribution is 5.92. The van der Waals surface area contributed by atoms with Gasteiger partial charge in [0.2, 0.25) is 11.7 Å². The van der Waals surface area contributed by atoms with Crippen LogP contribution < -0.4 is 5.32 Å². The van der Waals surface area contributed by atoms with Crippen molar-refractivity contribution in [3.05, 3.63) is 113 Å². The van der Waals surface area contributed by atoms with Crippen LogP contribution in [0, 0.1) is 6.92 Å². The Bertz CT molecular complexity index is 1310. The molecule has 37 heavy (non-hydrogen) atoms. The summed E-state index contributed by atoms with van der Waals surface area (Å²) in [7, 11) is 0. The van der Waals surface area contributed by atoms with Crippen LogP contribution in [0.25, 0.3) is 11.3 Å². The minimum absolute atomic E-state index is 0.0189. The van der Waals surface area contributed by atoms with Gasteiger partial charge in [0.05, 0.1) is 12.6 Å². The molecule has 1 aromatic heterocycles. The lowest BCUT2D eigenvalue weighted by atomic mass is 9.99. The topological polar surface area (TPSA) is 78.7 Å². The first-order valence-corrected chi connectivity index (χ1v) is 12.5. The van der Waals surface area contributed by atoms with Crippen molar-refractivity contribution in [2.45, 2.75) is 13.0 Å². The standard InChI is InChI=1S/C30H30N4O3/c1-22-10-8-9-15-25(22)26-20-27(37-32-26)30(36)34-18-16-33(17-19-34)28(35)21-31-29(23-11-4-2-5-12-23)24-13-6-3-7-14-24/h2-15,20,29,31H,16-19,21H2,1H3. The number of nitrogens with zero attached hydrogens (tertiary/aromatic N) is 3. The Balaban J connectivity index is 1.17. The monoisotopic (exact) mass is 494 g/mol. The number of piperazine rings is 1. The zero-order valence-electron chi connectivity index (χ0n) is 20.8. The summed E-state index contributed by atoms with van der Waals surface area (Å²) in [5, 5.41) is 7.54. The lowest BCUT2D eigenvalue weighted by Gasteiger charge is -2.34. The van der Waals surface area contributed by atoms with Crippen molar-refractivity contribution in [3.8, 4) is 11.3 Å². The zero-order valence-corrected chi connectivity index (χ0v) is 20.8. The molecule has 1 N–H and O–H groups in total. The molecule has 0 spiro atoms. The summed E-state index contributed by atoms with van der Waals surface area (Å²) in [5.74, 6) is 0.0319. The SMILES string of the molecule is Cc1ccccc1-c1cc(C(=O)N2CCN(C(=O)CNC(c3ccccc3)c3ccccc3)CC2)on1. The number of hydrogen-bond acceptors (Lipinski definition) is 5. The number of benzene rings is 3. The Hall–Kier alpha value is -4.23. The Morgan fingerprint density at radius 1 is 0.838 bits per heavy atom. The highest BCUT2D eigenvalue weighted by Crippen LogP contribution is 2.24. The van der Waals surface area contributed by atoms with Crippen LogP contribution in [0.4, 0.5) is 0 Å². The lowest BCUT2D eigenvalue weighted by Crippen LogP contribution is -2.52. The van der Waals surface area contributed by atoms with E-state index >= 15 is 0 Å². The number of aryl methyl sites for hydroxylation is 1. The fraction of sp³-hybridized carbons (Fsp3) is 0.233. The molecule has 3 aromatic carbocycles. The van der Waals surface area contributed by atoms with Crippen LogP contribution in [0.15, 0.2) is 95.5 Å². The molecule has 4 aromatic rings. The van der Waals surface area contributed by atoms with Crippen molar-refractivity contribution < 1.29 is 14.1 Å². The molecule has 7 nitrogen and oxygen atoms in total. The molecule has 0 unspecified atom stereocenters. The number of carbonyl (C=O) groups is 2. The molecule has 188 valence electrons. The average Bonchev–Trinajstić information content (AvgIpc) is 3.44. The highest BCUT2D eigenvalue weighted by atomic mass is 16.5. The lowest BCUT2D eigenvalue weighted by molar-refractivity contribution is -0.131. The van der Waals surface area contributed by atoms with Crippen LogP contribution in [0.2, 0.25) is 0 Å². The van der Waals surface area contributed by atoms with E-state index in [1.807, 2.05) is 72.5 Å². The van der Waals surface area contributed by atoms with E-state index in [2.05, 4.69) is 34.7 Å². The minimum atomic E-state index is -0.203. The van der Waals surface area contributed by atoms with Crippen molar-refractivity contribution in [3.63, 3.8) is 0 Å². The third-order valence-corrected chi connectivity index (χ3v) is 6.78. The summed E-state index contributed by atoms with van der Waals surface area (Å²) in [5.41, 5.74) is 4.87. The number of rotatable bonds is 7. The summed E-state index contributed by atoms with van der Waals surface area (Å²) < 4.78 is 5.38. The van der Waals surface area contributed by atoms with Gasteiger partial charge >= 0.3 is 0 Å². The molecule has 1 aliphatic rings. The van der Waals surface area contributed by atoms with Crippen LogP contribution in [-0.4, -0.2) is 59.5 Å². The van der Waals surface area contributed by atoms with Gasteiger partial charge in [-0.2, -0.15) is 0 Å². The molecule has 1 saturated heterocycles. The average molecular weight is 495 g/mol. The Kier molecular flexibility index (Phi) is 7.42.